The Morgan fingerprint density at radius 1 is 1.07 bits per heavy atom. The zero-order valence-corrected chi connectivity index (χ0v) is 16.9. The number of nitrogens with one attached hydrogen (secondary N) is 1. The summed E-state index contributed by atoms with van der Waals surface area (Å²) in [6.45, 7) is 6.86. The third kappa shape index (κ3) is 4.45. The molecule has 1 N–H and O–H groups in total. The first kappa shape index (κ1) is 18.7. The Labute approximate surface area is 163 Å². The van der Waals surface area contributed by atoms with Gasteiger partial charge in [-0.15, -0.1) is 10.2 Å². The number of aryl methyl sites for hydroxylation is 2. The van der Waals surface area contributed by atoms with Crippen LogP contribution in [0.1, 0.15) is 56.6 Å². The molecule has 2 saturated heterocycles. The van der Waals surface area contributed by atoms with Gasteiger partial charge in [0.1, 0.15) is 11.6 Å². The molecule has 3 aliphatic heterocycles. The molecule has 0 aromatic carbocycles. The smallest absolute Gasteiger partial charge is 0.193 e. The molecule has 0 radical (unpaired) electrons. The van der Waals surface area contributed by atoms with Gasteiger partial charge >= 0.3 is 0 Å². The fourth-order valence-electron chi connectivity index (χ4n) is 4.85. The van der Waals surface area contributed by atoms with Gasteiger partial charge in [-0.2, -0.15) is 0 Å². The van der Waals surface area contributed by atoms with E-state index in [4.69, 9.17) is 0 Å². The molecule has 4 rings (SSSR count). The molecule has 0 spiro atoms. The van der Waals surface area contributed by atoms with E-state index in [9.17, 15) is 0 Å². The van der Waals surface area contributed by atoms with Crippen LogP contribution < -0.4 is 5.32 Å². The number of guanidine groups is 1. The van der Waals surface area contributed by atoms with Crippen molar-refractivity contribution in [1.82, 2.24) is 29.9 Å². The molecule has 3 aliphatic rings. The fourth-order valence-corrected chi connectivity index (χ4v) is 4.85. The molecule has 0 amide bonds. The summed E-state index contributed by atoms with van der Waals surface area (Å²) < 4.78 is 2.36. The predicted octanol–water partition coefficient (Wildman–Crippen LogP) is 1.68. The summed E-state index contributed by atoms with van der Waals surface area (Å²) in [5.41, 5.74) is 0. The molecule has 0 aliphatic carbocycles. The van der Waals surface area contributed by atoms with Gasteiger partial charge in [-0.1, -0.05) is 6.42 Å². The van der Waals surface area contributed by atoms with E-state index < -0.39 is 0 Å². The van der Waals surface area contributed by atoms with Gasteiger partial charge in [-0.25, -0.2) is 0 Å². The summed E-state index contributed by atoms with van der Waals surface area (Å²) in [6.07, 6.45) is 11.0. The summed E-state index contributed by atoms with van der Waals surface area (Å²) in [4.78, 5) is 9.64. The van der Waals surface area contributed by atoms with E-state index in [-0.39, 0.29) is 0 Å². The largest absolute Gasteiger partial charge is 0.356 e. The van der Waals surface area contributed by atoms with Crippen LogP contribution >= 0.6 is 0 Å². The van der Waals surface area contributed by atoms with Crippen LogP contribution in [0, 0.1) is 0 Å². The van der Waals surface area contributed by atoms with Crippen LogP contribution in [0.15, 0.2) is 4.99 Å². The van der Waals surface area contributed by atoms with E-state index in [1.165, 1.54) is 63.3 Å². The van der Waals surface area contributed by atoms with Crippen molar-refractivity contribution in [2.75, 3.05) is 39.8 Å². The van der Waals surface area contributed by atoms with Gasteiger partial charge in [0, 0.05) is 52.1 Å². The van der Waals surface area contributed by atoms with Crippen LogP contribution in [0.5, 0.6) is 0 Å². The molecule has 150 valence electrons. The Balaban J connectivity index is 1.22. The zero-order valence-electron chi connectivity index (χ0n) is 16.9. The fraction of sp³-hybridized carbons (Fsp3) is 0.850. The Bertz CT molecular complexity index is 632. The number of fused-ring (bicyclic) bond motifs is 1. The van der Waals surface area contributed by atoms with Gasteiger partial charge in [0.05, 0.1) is 0 Å². The summed E-state index contributed by atoms with van der Waals surface area (Å²) in [5, 5.41) is 12.4. The van der Waals surface area contributed by atoms with Crippen molar-refractivity contribution < 1.29 is 0 Å². The van der Waals surface area contributed by atoms with Crippen molar-refractivity contribution >= 4 is 5.96 Å². The Morgan fingerprint density at radius 3 is 2.78 bits per heavy atom. The first-order valence-electron chi connectivity index (χ1n) is 11.0. The number of nitrogens with zero attached hydrogens (tertiary/aromatic N) is 6. The average molecular weight is 374 g/mol. The highest BCUT2D eigenvalue weighted by Gasteiger charge is 2.30. The maximum Gasteiger partial charge on any atom is 0.193 e. The molecule has 0 bridgehead atoms. The highest BCUT2D eigenvalue weighted by molar-refractivity contribution is 5.80. The number of hydrogen-bond donors (Lipinski definition) is 1. The Morgan fingerprint density at radius 2 is 1.93 bits per heavy atom. The van der Waals surface area contributed by atoms with Crippen LogP contribution in [-0.2, 0) is 19.4 Å². The lowest BCUT2D eigenvalue weighted by Crippen LogP contribution is -2.43. The van der Waals surface area contributed by atoms with Crippen molar-refractivity contribution in [3.8, 4) is 0 Å². The normalized spacial score (nSPS) is 24.3. The lowest BCUT2D eigenvalue weighted by atomic mass is 10.2. The molecule has 27 heavy (non-hydrogen) atoms. The summed E-state index contributed by atoms with van der Waals surface area (Å²) >= 11 is 0. The minimum atomic E-state index is 0.720. The molecule has 4 heterocycles. The van der Waals surface area contributed by atoms with Gasteiger partial charge in [0.15, 0.2) is 5.96 Å². The van der Waals surface area contributed by atoms with E-state index in [0.717, 1.165) is 57.4 Å². The van der Waals surface area contributed by atoms with Gasteiger partial charge in [0.25, 0.3) is 0 Å². The highest BCUT2D eigenvalue weighted by Crippen LogP contribution is 2.20. The monoisotopic (exact) mass is 373 g/mol. The number of hydrogen-bond acceptors (Lipinski definition) is 4. The lowest BCUT2D eigenvalue weighted by Gasteiger charge is -2.25. The van der Waals surface area contributed by atoms with Crippen LogP contribution in [0.3, 0.4) is 0 Å². The highest BCUT2D eigenvalue weighted by atomic mass is 15.3. The van der Waals surface area contributed by atoms with E-state index in [1.54, 1.807) is 0 Å². The third-order valence-electron chi connectivity index (χ3n) is 6.38. The van der Waals surface area contributed by atoms with Crippen molar-refractivity contribution in [2.45, 2.75) is 70.4 Å². The average Bonchev–Trinajstić information content (AvgIpc) is 3.41. The van der Waals surface area contributed by atoms with Crippen molar-refractivity contribution in [3.63, 3.8) is 0 Å². The second-order valence-corrected chi connectivity index (χ2v) is 8.20. The summed E-state index contributed by atoms with van der Waals surface area (Å²) in [5.74, 6) is 3.42. The maximum atomic E-state index is 4.53. The number of rotatable bonds is 5. The first-order valence-corrected chi connectivity index (χ1v) is 11.0. The molecule has 7 heteroatoms. The lowest BCUT2D eigenvalue weighted by molar-refractivity contribution is 0.249. The maximum absolute atomic E-state index is 4.53. The van der Waals surface area contributed by atoms with E-state index in [0.29, 0.717) is 0 Å². The quantitative estimate of drug-likeness (QED) is 0.483. The second kappa shape index (κ2) is 9.04. The molecule has 1 unspecified atom stereocenters. The van der Waals surface area contributed by atoms with Gasteiger partial charge < -0.3 is 14.8 Å². The van der Waals surface area contributed by atoms with E-state index in [2.05, 4.69) is 34.9 Å². The topological polar surface area (TPSA) is 61.6 Å². The molecule has 1 aromatic heterocycles. The molecule has 7 nitrogen and oxygen atoms in total. The van der Waals surface area contributed by atoms with Gasteiger partial charge in [-0.3, -0.25) is 9.89 Å². The third-order valence-corrected chi connectivity index (χ3v) is 6.38. The Kier molecular flexibility index (Phi) is 6.27. The molecular weight excluding hydrogens is 338 g/mol. The minimum Gasteiger partial charge on any atom is -0.356 e. The van der Waals surface area contributed by atoms with E-state index >= 15 is 0 Å². The number of aliphatic imine (C=N–C) groups is 1. The molecule has 1 aromatic rings. The van der Waals surface area contributed by atoms with Gasteiger partial charge in [-0.05, 0) is 51.6 Å². The number of aromatic nitrogens is 3. The molecule has 0 saturated carbocycles. The van der Waals surface area contributed by atoms with Crippen LogP contribution in [0.25, 0.3) is 0 Å². The standard InChI is InChI=1S/C20H35N7/c1-21-20(26-15-10-17(16-26)25-12-5-6-13-25)22-11-7-9-19-24-23-18-8-3-2-4-14-27(18)19/h17H,2-16H2,1H3,(H,21,22). The predicted molar refractivity (Wildman–Crippen MR) is 108 cm³/mol. The number of likely N-dealkylation sites (tertiary alicyclic amines) is 2. The van der Waals surface area contributed by atoms with E-state index in [1.807, 2.05) is 7.05 Å². The minimum absolute atomic E-state index is 0.720. The molecule has 2 fully saturated rings. The summed E-state index contributed by atoms with van der Waals surface area (Å²) in [6, 6.07) is 0.720. The molecular formula is C20H35N7. The van der Waals surface area contributed by atoms with Crippen LogP contribution in [-0.4, -0.2) is 76.3 Å². The van der Waals surface area contributed by atoms with Gasteiger partial charge in [0.2, 0.25) is 0 Å². The van der Waals surface area contributed by atoms with Crippen LogP contribution in [0.2, 0.25) is 0 Å². The van der Waals surface area contributed by atoms with Crippen LogP contribution in [0.4, 0.5) is 0 Å². The van der Waals surface area contributed by atoms with Crippen molar-refractivity contribution in [1.29, 1.82) is 0 Å². The second-order valence-electron chi connectivity index (χ2n) is 8.20. The SMILES string of the molecule is CN=C(NCCCc1nnc2n1CCCCC2)N1CCC(N2CCCC2)C1. The Hall–Kier alpha value is -1.63. The molecule has 1 atom stereocenters. The summed E-state index contributed by atoms with van der Waals surface area (Å²) in [7, 11) is 1.91. The zero-order chi connectivity index (χ0) is 18.5. The van der Waals surface area contributed by atoms with Crippen molar-refractivity contribution in [3.05, 3.63) is 11.6 Å². The van der Waals surface area contributed by atoms with Crippen molar-refractivity contribution in [2.24, 2.45) is 4.99 Å². The first-order chi connectivity index (χ1) is 13.3.